The van der Waals surface area contributed by atoms with Gasteiger partial charge in [0.05, 0.1) is 6.10 Å². The average Bonchev–Trinajstić information content (AvgIpc) is 2.10. The van der Waals surface area contributed by atoms with Crippen molar-refractivity contribution in [3.05, 3.63) is 22.6 Å². The molecule has 0 aliphatic carbocycles. The molecule has 0 aromatic carbocycles. The number of hydrogen-bond acceptors (Lipinski definition) is 5. The van der Waals surface area contributed by atoms with Crippen LogP contribution < -0.4 is 4.90 Å². The van der Waals surface area contributed by atoms with Crippen LogP contribution in [0.5, 0.6) is 0 Å². The molecule has 90 valence electrons. The lowest BCUT2D eigenvalue weighted by molar-refractivity contribution is -0.297. The van der Waals surface area contributed by atoms with Gasteiger partial charge in [0.25, 0.3) is 0 Å². The Hall–Kier alpha value is -0.695. The van der Waals surface area contributed by atoms with E-state index in [0.29, 0.717) is 17.6 Å². The molecule has 0 amide bonds. The first-order valence-electron chi connectivity index (χ1n) is 4.82. The molecule has 0 saturated carbocycles. The SMILES string of the molecule is [B]C(O)(O)OC1CN(c2ncc(Br)cc2F)C1. The first-order valence-corrected chi connectivity index (χ1v) is 5.62. The lowest BCUT2D eigenvalue weighted by Gasteiger charge is -2.41. The van der Waals surface area contributed by atoms with Crippen LogP contribution in [0.2, 0.25) is 0 Å². The average molecular weight is 303 g/mol. The van der Waals surface area contributed by atoms with Gasteiger partial charge in [-0.1, -0.05) is 0 Å². The molecular formula is C9H9BBrFN2O3. The quantitative estimate of drug-likeness (QED) is 0.605. The second kappa shape index (κ2) is 4.53. The summed E-state index contributed by atoms with van der Waals surface area (Å²) in [5, 5.41) is 17.6. The van der Waals surface area contributed by atoms with Crippen molar-refractivity contribution in [3.8, 4) is 0 Å². The number of hydrogen-bond donors (Lipinski definition) is 2. The number of halogens is 2. The summed E-state index contributed by atoms with van der Waals surface area (Å²) in [6.07, 6.45) is 1.03. The molecule has 2 rings (SSSR count). The monoisotopic (exact) mass is 302 g/mol. The van der Waals surface area contributed by atoms with Crippen molar-refractivity contribution >= 4 is 29.6 Å². The molecule has 1 aromatic heterocycles. The molecule has 0 atom stereocenters. The van der Waals surface area contributed by atoms with Gasteiger partial charge in [0, 0.05) is 23.8 Å². The normalized spacial score (nSPS) is 17.1. The third-order valence-electron chi connectivity index (χ3n) is 2.28. The van der Waals surface area contributed by atoms with Gasteiger partial charge in [0.2, 0.25) is 5.87 Å². The van der Waals surface area contributed by atoms with Gasteiger partial charge in [-0.25, -0.2) is 9.37 Å². The van der Waals surface area contributed by atoms with Gasteiger partial charge in [-0.05, 0) is 22.0 Å². The van der Waals surface area contributed by atoms with Gasteiger partial charge in [-0.2, -0.15) is 0 Å². The van der Waals surface area contributed by atoms with Crippen LogP contribution in [0.15, 0.2) is 16.7 Å². The van der Waals surface area contributed by atoms with E-state index in [2.05, 4.69) is 25.7 Å². The van der Waals surface area contributed by atoms with Crippen LogP contribution in [-0.4, -0.2) is 48.1 Å². The highest BCUT2D eigenvalue weighted by Gasteiger charge is 2.34. The maximum Gasteiger partial charge on any atom is 0.218 e. The van der Waals surface area contributed by atoms with E-state index in [1.165, 1.54) is 12.3 Å². The van der Waals surface area contributed by atoms with E-state index in [0.717, 1.165) is 0 Å². The number of aliphatic hydroxyl groups is 2. The number of rotatable bonds is 3. The largest absolute Gasteiger partial charge is 0.353 e. The second-order valence-corrected chi connectivity index (χ2v) is 4.68. The summed E-state index contributed by atoms with van der Waals surface area (Å²) in [6.45, 7) is 0.594. The Balaban J connectivity index is 1.95. The molecule has 1 saturated heterocycles. The third kappa shape index (κ3) is 3.15. The molecule has 1 aromatic rings. The predicted octanol–water partition coefficient (Wildman–Crippen LogP) is -0.0472. The Kier molecular flexibility index (Phi) is 3.40. The zero-order valence-electron chi connectivity index (χ0n) is 8.68. The van der Waals surface area contributed by atoms with Crippen molar-refractivity contribution in [3.63, 3.8) is 0 Å². The van der Waals surface area contributed by atoms with Gasteiger partial charge in [-0.15, -0.1) is 0 Å². The lowest BCUT2D eigenvalue weighted by Crippen LogP contribution is -2.56. The Morgan fingerprint density at radius 3 is 2.76 bits per heavy atom. The van der Waals surface area contributed by atoms with E-state index >= 15 is 0 Å². The molecule has 2 radical (unpaired) electrons. The number of ether oxygens (including phenoxy) is 1. The molecule has 5 nitrogen and oxygen atoms in total. The Labute approximate surface area is 107 Å². The third-order valence-corrected chi connectivity index (χ3v) is 2.71. The van der Waals surface area contributed by atoms with Crippen LogP contribution >= 0.6 is 15.9 Å². The van der Waals surface area contributed by atoms with E-state index in [9.17, 15) is 4.39 Å². The smallest absolute Gasteiger partial charge is 0.218 e. The molecular weight excluding hydrogens is 294 g/mol. The number of nitrogens with zero attached hydrogens (tertiary/aromatic N) is 2. The summed E-state index contributed by atoms with van der Waals surface area (Å²) in [7, 11) is 4.85. The van der Waals surface area contributed by atoms with Crippen LogP contribution in [0, 0.1) is 5.82 Å². The van der Waals surface area contributed by atoms with E-state index in [4.69, 9.17) is 18.1 Å². The zero-order chi connectivity index (χ0) is 12.6. The fourth-order valence-electron chi connectivity index (χ4n) is 1.57. The molecule has 1 fully saturated rings. The Morgan fingerprint density at radius 1 is 1.59 bits per heavy atom. The molecule has 1 aliphatic rings. The molecule has 0 bridgehead atoms. The summed E-state index contributed by atoms with van der Waals surface area (Å²) in [6, 6.07) is 1.31. The van der Waals surface area contributed by atoms with Crippen molar-refractivity contribution in [2.75, 3.05) is 18.0 Å². The summed E-state index contributed by atoms with van der Waals surface area (Å²) >= 11 is 3.11. The highest BCUT2D eigenvalue weighted by molar-refractivity contribution is 9.10. The molecule has 0 unspecified atom stereocenters. The van der Waals surface area contributed by atoms with Gasteiger partial charge in [0.15, 0.2) is 19.5 Å². The summed E-state index contributed by atoms with van der Waals surface area (Å²) in [4.78, 5) is 5.53. The van der Waals surface area contributed by atoms with Crippen LogP contribution in [0.1, 0.15) is 0 Å². The number of pyridine rings is 1. The van der Waals surface area contributed by atoms with Gasteiger partial charge in [0.1, 0.15) is 0 Å². The van der Waals surface area contributed by atoms with Gasteiger partial charge >= 0.3 is 0 Å². The molecule has 0 spiro atoms. The van der Waals surface area contributed by atoms with Crippen LogP contribution in [0.4, 0.5) is 10.2 Å². The summed E-state index contributed by atoms with van der Waals surface area (Å²) in [5.74, 6) is -2.90. The van der Waals surface area contributed by atoms with Crippen molar-refractivity contribution in [2.24, 2.45) is 0 Å². The van der Waals surface area contributed by atoms with Crippen LogP contribution in [0.3, 0.4) is 0 Å². The molecule has 8 heteroatoms. The molecule has 17 heavy (non-hydrogen) atoms. The minimum Gasteiger partial charge on any atom is -0.353 e. The Morgan fingerprint density at radius 2 is 2.24 bits per heavy atom. The molecule has 2 N–H and O–H groups in total. The Bertz CT molecular complexity index is 423. The van der Waals surface area contributed by atoms with Crippen molar-refractivity contribution in [1.29, 1.82) is 0 Å². The molecule has 2 heterocycles. The van der Waals surface area contributed by atoms with E-state index in [1.807, 2.05) is 0 Å². The van der Waals surface area contributed by atoms with E-state index in [-0.39, 0.29) is 5.82 Å². The number of aromatic nitrogens is 1. The van der Waals surface area contributed by atoms with Gasteiger partial charge in [-0.3, -0.25) is 0 Å². The lowest BCUT2D eigenvalue weighted by atomic mass is 10.1. The van der Waals surface area contributed by atoms with E-state index in [1.54, 1.807) is 4.90 Å². The first kappa shape index (κ1) is 12.8. The minimum absolute atomic E-state index is 0.201. The predicted molar refractivity (Wildman–Crippen MR) is 61.9 cm³/mol. The minimum atomic E-state index is -2.65. The van der Waals surface area contributed by atoms with Crippen LogP contribution in [-0.2, 0) is 4.74 Å². The first-order chi connectivity index (χ1) is 7.85. The topological polar surface area (TPSA) is 65.8 Å². The zero-order valence-corrected chi connectivity index (χ0v) is 10.3. The van der Waals surface area contributed by atoms with Gasteiger partial charge < -0.3 is 19.8 Å². The maximum absolute atomic E-state index is 13.5. The molecule has 1 aliphatic heterocycles. The summed E-state index contributed by atoms with van der Waals surface area (Å²) in [5.41, 5.74) is 0. The van der Waals surface area contributed by atoms with Crippen molar-refractivity contribution in [2.45, 2.75) is 12.0 Å². The summed E-state index contributed by atoms with van der Waals surface area (Å²) < 4.78 is 18.7. The highest BCUT2D eigenvalue weighted by Crippen LogP contribution is 2.25. The standard InChI is InChI=1S/C9H9BBrFN2O3/c10-9(15,16)17-6-3-14(4-6)8-7(12)1-5(11)2-13-8/h1-2,6,15-16H,3-4H2. The van der Waals surface area contributed by atoms with Crippen molar-refractivity contribution < 1.29 is 19.3 Å². The van der Waals surface area contributed by atoms with Crippen LogP contribution in [0.25, 0.3) is 0 Å². The highest BCUT2D eigenvalue weighted by atomic mass is 79.9. The number of anilines is 1. The fourth-order valence-corrected chi connectivity index (χ4v) is 1.87. The fraction of sp³-hybridized carbons (Fsp3) is 0.444. The van der Waals surface area contributed by atoms with E-state index < -0.39 is 17.8 Å². The van der Waals surface area contributed by atoms with Crippen molar-refractivity contribution in [1.82, 2.24) is 4.98 Å². The second-order valence-electron chi connectivity index (χ2n) is 3.76. The maximum atomic E-state index is 13.5.